The highest BCUT2D eigenvalue weighted by Crippen LogP contribution is 2.23. The van der Waals surface area contributed by atoms with E-state index in [-0.39, 0.29) is 11.7 Å². The molecule has 1 aliphatic heterocycles. The van der Waals surface area contributed by atoms with Crippen LogP contribution in [0.1, 0.15) is 12.8 Å². The van der Waals surface area contributed by atoms with Crippen LogP contribution in [0, 0.1) is 17.5 Å². The summed E-state index contributed by atoms with van der Waals surface area (Å²) in [6.45, 7) is 1.73. The lowest BCUT2D eigenvalue weighted by Crippen LogP contribution is -2.40. The van der Waals surface area contributed by atoms with Gasteiger partial charge in [0.1, 0.15) is 11.5 Å². The molecule has 2 nitrogen and oxygen atoms in total. The molecule has 0 spiro atoms. The SMILES string of the molecule is CN1CCCC(Nc2c(F)cc(F)cc2F)C1. The molecular weight excluding hydrogens is 229 g/mol. The molecule has 1 aliphatic rings. The molecule has 5 heteroatoms. The van der Waals surface area contributed by atoms with Crippen LogP contribution in [0.15, 0.2) is 12.1 Å². The van der Waals surface area contributed by atoms with Crippen LogP contribution in [0.5, 0.6) is 0 Å². The van der Waals surface area contributed by atoms with Crippen LogP contribution in [0.3, 0.4) is 0 Å². The first-order chi connectivity index (χ1) is 8.06. The van der Waals surface area contributed by atoms with E-state index in [0.717, 1.165) is 25.9 Å². The molecule has 1 atom stereocenters. The van der Waals surface area contributed by atoms with Crippen LogP contribution in [0.2, 0.25) is 0 Å². The average Bonchev–Trinajstić information content (AvgIpc) is 2.23. The first kappa shape index (κ1) is 12.2. The third-order valence-electron chi connectivity index (χ3n) is 2.98. The second-order valence-corrected chi connectivity index (χ2v) is 4.49. The number of piperidine rings is 1. The van der Waals surface area contributed by atoms with E-state index in [1.807, 2.05) is 7.05 Å². The van der Waals surface area contributed by atoms with Gasteiger partial charge in [0.25, 0.3) is 0 Å². The number of benzene rings is 1. The third-order valence-corrected chi connectivity index (χ3v) is 2.98. The number of nitrogens with zero attached hydrogens (tertiary/aromatic N) is 1. The molecule has 0 bridgehead atoms. The molecule has 1 aromatic carbocycles. The monoisotopic (exact) mass is 244 g/mol. The van der Waals surface area contributed by atoms with Crippen molar-refractivity contribution in [2.75, 3.05) is 25.5 Å². The minimum Gasteiger partial charge on any atom is -0.376 e. The van der Waals surface area contributed by atoms with Gasteiger partial charge in [0.05, 0.1) is 0 Å². The Morgan fingerprint density at radius 1 is 1.24 bits per heavy atom. The molecule has 1 unspecified atom stereocenters. The van der Waals surface area contributed by atoms with Gasteiger partial charge >= 0.3 is 0 Å². The van der Waals surface area contributed by atoms with E-state index in [9.17, 15) is 13.2 Å². The van der Waals surface area contributed by atoms with Crippen LogP contribution in [-0.4, -0.2) is 31.1 Å². The molecule has 0 amide bonds. The van der Waals surface area contributed by atoms with Crippen molar-refractivity contribution >= 4 is 5.69 Å². The van der Waals surface area contributed by atoms with Gasteiger partial charge in [-0.05, 0) is 26.4 Å². The zero-order valence-electron chi connectivity index (χ0n) is 9.64. The van der Waals surface area contributed by atoms with Crippen molar-refractivity contribution in [3.63, 3.8) is 0 Å². The van der Waals surface area contributed by atoms with Crippen molar-refractivity contribution in [1.82, 2.24) is 4.90 Å². The summed E-state index contributed by atoms with van der Waals surface area (Å²) in [5, 5.41) is 2.82. The third kappa shape index (κ3) is 2.91. The summed E-state index contributed by atoms with van der Waals surface area (Å²) in [6, 6.07) is 1.39. The Labute approximate surface area is 98.4 Å². The number of anilines is 1. The Morgan fingerprint density at radius 2 is 1.88 bits per heavy atom. The highest BCUT2D eigenvalue weighted by atomic mass is 19.1. The Kier molecular flexibility index (Phi) is 3.57. The standard InChI is InChI=1S/C12H15F3N2/c1-17-4-2-3-9(7-17)16-12-10(14)5-8(13)6-11(12)15/h5-6,9,16H,2-4,7H2,1H3. The highest BCUT2D eigenvalue weighted by molar-refractivity contribution is 5.47. The van der Waals surface area contributed by atoms with Crippen molar-refractivity contribution in [3.05, 3.63) is 29.6 Å². The minimum atomic E-state index is -0.897. The maximum absolute atomic E-state index is 13.4. The molecule has 1 fully saturated rings. The van der Waals surface area contributed by atoms with Crippen molar-refractivity contribution < 1.29 is 13.2 Å². The Balaban J connectivity index is 2.12. The summed E-state index contributed by atoms with van der Waals surface area (Å²) in [4.78, 5) is 2.10. The second kappa shape index (κ2) is 4.96. The molecule has 1 N–H and O–H groups in total. The number of rotatable bonds is 2. The summed E-state index contributed by atoms with van der Waals surface area (Å²) in [5.74, 6) is -2.65. The number of likely N-dealkylation sites (tertiary alicyclic amines) is 1. The fraction of sp³-hybridized carbons (Fsp3) is 0.500. The summed E-state index contributed by atoms with van der Waals surface area (Å²) in [7, 11) is 1.96. The maximum Gasteiger partial charge on any atom is 0.152 e. The first-order valence-corrected chi connectivity index (χ1v) is 5.66. The van der Waals surface area contributed by atoms with Gasteiger partial charge in [0, 0.05) is 24.7 Å². The Bertz CT molecular complexity index is 386. The largest absolute Gasteiger partial charge is 0.376 e. The van der Waals surface area contributed by atoms with Crippen LogP contribution >= 0.6 is 0 Å². The van der Waals surface area contributed by atoms with Crippen LogP contribution in [-0.2, 0) is 0 Å². The normalized spacial score (nSPS) is 21.5. The average molecular weight is 244 g/mol. The van der Waals surface area contributed by atoms with Crippen LogP contribution in [0.25, 0.3) is 0 Å². The predicted molar refractivity (Wildman–Crippen MR) is 60.5 cm³/mol. The smallest absolute Gasteiger partial charge is 0.152 e. The van der Waals surface area contributed by atoms with Crippen molar-refractivity contribution in [2.24, 2.45) is 0 Å². The van der Waals surface area contributed by atoms with Gasteiger partial charge in [-0.15, -0.1) is 0 Å². The molecule has 0 radical (unpaired) electrons. The molecule has 1 saturated heterocycles. The summed E-state index contributed by atoms with van der Waals surface area (Å²) in [6.07, 6.45) is 1.85. The number of halogens is 3. The predicted octanol–water partition coefficient (Wildman–Crippen LogP) is 2.61. The highest BCUT2D eigenvalue weighted by Gasteiger charge is 2.20. The fourth-order valence-corrected chi connectivity index (χ4v) is 2.17. The molecule has 94 valence electrons. The fourth-order valence-electron chi connectivity index (χ4n) is 2.17. The molecule has 17 heavy (non-hydrogen) atoms. The van der Waals surface area contributed by atoms with Crippen molar-refractivity contribution in [1.29, 1.82) is 0 Å². The van der Waals surface area contributed by atoms with Crippen molar-refractivity contribution in [2.45, 2.75) is 18.9 Å². The molecule has 1 heterocycles. The van der Waals surface area contributed by atoms with Gasteiger partial charge in [-0.2, -0.15) is 0 Å². The van der Waals surface area contributed by atoms with Gasteiger partial charge < -0.3 is 10.2 Å². The van der Waals surface area contributed by atoms with Gasteiger partial charge in [0.2, 0.25) is 0 Å². The molecular formula is C12H15F3N2. The first-order valence-electron chi connectivity index (χ1n) is 5.66. The lowest BCUT2D eigenvalue weighted by atomic mass is 10.1. The summed E-state index contributed by atoms with van der Waals surface area (Å²) in [5.41, 5.74) is -0.230. The molecule has 0 aliphatic carbocycles. The number of likely N-dealkylation sites (N-methyl/N-ethyl adjacent to an activating group) is 1. The second-order valence-electron chi connectivity index (χ2n) is 4.49. The Morgan fingerprint density at radius 3 is 2.47 bits per heavy atom. The minimum absolute atomic E-state index is 0.00297. The van der Waals surface area contributed by atoms with E-state index in [1.54, 1.807) is 0 Å². The van der Waals surface area contributed by atoms with E-state index in [4.69, 9.17) is 0 Å². The van der Waals surface area contributed by atoms with E-state index in [2.05, 4.69) is 10.2 Å². The molecule has 0 saturated carbocycles. The van der Waals surface area contributed by atoms with Gasteiger partial charge in [-0.25, -0.2) is 13.2 Å². The topological polar surface area (TPSA) is 15.3 Å². The van der Waals surface area contributed by atoms with E-state index in [0.29, 0.717) is 12.1 Å². The zero-order chi connectivity index (χ0) is 12.4. The lowest BCUT2D eigenvalue weighted by molar-refractivity contribution is 0.260. The number of nitrogens with one attached hydrogen (secondary N) is 1. The molecule has 0 aromatic heterocycles. The molecule has 2 rings (SSSR count). The maximum atomic E-state index is 13.4. The zero-order valence-corrected chi connectivity index (χ0v) is 9.64. The molecule has 1 aromatic rings. The summed E-state index contributed by atoms with van der Waals surface area (Å²) < 4.78 is 39.5. The summed E-state index contributed by atoms with van der Waals surface area (Å²) >= 11 is 0. The van der Waals surface area contributed by atoms with Gasteiger partial charge in [-0.1, -0.05) is 0 Å². The van der Waals surface area contributed by atoms with Gasteiger partial charge in [0.15, 0.2) is 11.6 Å². The number of hydrogen-bond donors (Lipinski definition) is 1. The van der Waals surface area contributed by atoms with Crippen LogP contribution < -0.4 is 5.32 Å². The number of hydrogen-bond acceptors (Lipinski definition) is 2. The Hall–Kier alpha value is -1.23. The van der Waals surface area contributed by atoms with Gasteiger partial charge in [-0.3, -0.25) is 0 Å². The van der Waals surface area contributed by atoms with E-state index < -0.39 is 17.5 Å². The van der Waals surface area contributed by atoms with E-state index >= 15 is 0 Å². The van der Waals surface area contributed by atoms with Crippen molar-refractivity contribution in [3.8, 4) is 0 Å². The van der Waals surface area contributed by atoms with E-state index in [1.165, 1.54) is 0 Å². The van der Waals surface area contributed by atoms with Crippen LogP contribution in [0.4, 0.5) is 18.9 Å². The lowest BCUT2D eigenvalue weighted by Gasteiger charge is -2.31. The quantitative estimate of drug-likeness (QED) is 0.860.